The lowest BCUT2D eigenvalue weighted by atomic mass is 10.8. The van der Waals surface area contributed by atoms with Crippen LogP contribution in [0.15, 0.2) is 0 Å². The Hall–Kier alpha value is -0.250. The third-order valence-corrected chi connectivity index (χ3v) is 0.554. The van der Waals surface area contributed by atoms with Crippen LogP contribution >= 0.6 is 0 Å². The Labute approximate surface area is 32.1 Å². The summed E-state index contributed by atoms with van der Waals surface area (Å²) in [6.07, 6.45) is -2.09. The zero-order valence-corrected chi connectivity index (χ0v) is 2.71. The predicted octanol–water partition coefficient (Wildman–Crippen LogP) is 0.478. The maximum atomic E-state index is 11.0. The van der Waals surface area contributed by atoms with Gasteiger partial charge in [-0.25, -0.2) is 9.71 Å². The van der Waals surface area contributed by atoms with Crippen LogP contribution in [0.5, 0.6) is 0 Å². The van der Waals surface area contributed by atoms with Crippen molar-refractivity contribution in [2.75, 3.05) is 0 Å². The Balaban J connectivity index is 2.41. The molecular weight excluding hydrogens is 95.0 g/mol. The lowest BCUT2D eigenvalue weighted by molar-refractivity contribution is 0.0812. The first kappa shape index (κ1) is 3.92. The van der Waals surface area contributed by atoms with E-state index in [0.29, 0.717) is 0 Å². The Kier molecular flexibility index (Phi) is 0.460. The molecule has 1 N–H and O–H groups in total. The third kappa shape index (κ3) is 0.370. The van der Waals surface area contributed by atoms with Crippen molar-refractivity contribution in [3.63, 3.8) is 0 Å². The molecule has 36 valence electrons. The van der Waals surface area contributed by atoms with E-state index in [9.17, 15) is 13.2 Å². The first-order valence-corrected chi connectivity index (χ1v) is 1.42. The molecular formula is C2H2F3N. The fourth-order valence-electron chi connectivity index (χ4n) is 0.127. The Morgan fingerprint density at radius 1 is 1.50 bits per heavy atom. The molecule has 1 nitrogen and oxygen atoms in total. The van der Waals surface area contributed by atoms with Gasteiger partial charge >= 0.3 is 6.05 Å². The molecule has 0 bridgehead atoms. The van der Waals surface area contributed by atoms with Crippen molar-refractivity contribution in [3.05, 3.63) is 0 Å². The molecule has 4 heteroatoms. The molecule has 1 rings (SSSR count). The second kappa shape index (κ2) is 0.703. The molecule has 0 aromatic carbocycles. The van der Waals surface area contributed by atoms with Gasteiger partial charge < -0.3 is 0 Å². The molecule has 1 fully saturated rings. The highest BCUT2D eigenvalue weighted by Gasteiger charge is 2.57. The van der Waals surface area contributed by atoms with Crippen LogP contribution < -0.4 is 5.32 Å². The maximum absolute atomic E-state index is 11.0. The van der Waals surface area contributed by atoms with Crippen molar-refractivity contribution >= 4 is 0 Å². The minimum atomic E-state index is -3.21. The van der Waals surface area contributed by atoms with Crippen LogP contribution in [-0.4, -0.2) is 12.3 Å². The summed E-state index contributed by atoms with van der Waals surface area (Å²) >= 11 is 0. The molecule has 6 heavy (non-hydrogen) atoms. The topological polar surface area (TPSA) is 21.9 Å². The first-order chi connectivity index (χ1) is 2.63. The van der Waals surface area contributed by atoms with Gasteiger partial charge in [0, 0.05) is 0 Å². The maximum Gasteiger partial charge on any atom is 0.349 e. The number of hydrogen-bond donors (Lipinski definition) is 1. The summed E-state index contributed by atoms with van der Waals surface area (Å²) in [7, 11) is 0. The lowest BCUT2D eigenvalue weighted by Crippen LogP contribution is -1.94. The molecule has 1 atom stereocenters. The van der Waals surface area contributed by atoms with E-state index in [1.807, 2.05) is 0 Å². The molecule has 0 aliphatic carbocycles. The fourth-order valence-corrected chi connectivity index (χ4v) is 0.127. The molecule has 1 unspecified atom stereocenters. The van der Waals surface area contributed by atoms with Crippen LogP contribution in [0, 0.1) is 0 Å². The van der Waals surface area contributed by atoms with E-state index in [0.717, 1.165) is 0 Å². The average Bonchev–Trinajstić information content (AvgIpc) is 1.73. The van der Waals surface area contributed by atoms with Gasteiger partial charge in [0.2, 0.25) is 6.30 Å². The van der Waals surface area contributed by atoms with E-state index in [4.69, 9.17) is 0 Å². The summed E-state index contributed by atoms with van der Waals surface area (Å²) in [5, 5.41) is 1.27. The molecule has 0 spiro atoms. The lowest BCUT2D eigenvalue weighted by Gasteiger charge is -1.75. The second-order valence-corrected chi connectivity index (χ2v) is 1.13. The van der Waals surface area contributed by atoms with Crippen molar-refractivity contribution in [2.24, 2.45) is 0 Å². The van der Waals surface area contributed by atoms with E-state index < -0.39 is 12.3 Å². The smallest absolute Gasteiger partial charge is 0.222 e. The Morgan fingerprint density at radius 2 is 1.67 bits per heavy atom. The molecule has 1 aliphatic rings. The van der Waals surface area contributed by atoms with Gasteiger partial charge in [-0.2, -0.15) is 8.78 Å². The van der Waals surface area contributed by atoms with Crippen molar-refractivity contribution in [3.8, 4) is 0 Å². The number of nitrogens with one attached hydrogen (secondary N) is 1. The zero-order valence-electron chi connectivity index (χ0n) is 2.71. The van der Waals surface area contributed by atoms with Crippen LogP contribution in [0.4, 0.5) is 13.2 Å². The van der Waals surface area contributed by atoms with Gasteiger partial charge in [0.1, 0.15) is 0 Å². The van der Waals surface area contributed by atoms with Gasteiger partial charge in [0.25, 0.3) is 0 Å². The molecule has 0 radical (unpaired) electrons. The quantitative estimate of drug-likeness (QED) is 0.344. The number of alkyl halides is 3. The van der Waals surface area contributed by atoms with Crippen molar-refractivity contribution in [1.29, 1.82) is 0 Å². The molecule has 0 saturated carbocycles. The highest BCUT2D eigenvalue weighted by Crippen LogP contribution is 2.29. The highest BCUT2D eigenvalue weighted by molar-refractivity contribution is 4.88. The Morgan fingerprint density at radius 3 is 1.67 bits per heavy atom. The van der Waals surface area contributed by atoms with Gasteiger partial charge in [-0.3, -0.25) is 0 Å². The number of halogens is 3. The minimum Gasteiger partial charge on any atom is -0.222 e. The van der Waals surface area contributed by atoms with Crippen molar-refractivity contribution in [2.45, 2.75) is 12.3 Å². The third-order valence-electron chi connectivity index (χ3n) is 0.554. The Bertz CT molecular complexity index is 71.2. The predicted molar refractivity (Wildman–Crippen MR) is 13.0 cm³/mol. The van der Waals surface area contributed by atoms with Crippen LogP contribution in [0.2, 0.25) is 0 Å². The highest BCUT2D eigenvalue weighted by atomic mass is 19.3. The normalized spacial score (nSPS) is 39.5. The van der Waals surface area contributed by atoms with Gasteiger partial charge in [0.15, 0.2) is 0 Å². The van der Waals surface area contributed by atoms with E-state index in [1.165, 1.54) is 5.32 Å². The summed E-state index contributed by atoms with van der Waals surface area (Å²) in [6, 6.07) is -3.21. The van der Waals surface area contributed by atoms with Gasteiger partial charge in [-0.1, -0.05) is 0 Å². The van der Waals surface area contributed by atoms with Crippen LogP contribution in [0.3, 0.4) is 0 Å². The number of rotatable bonds is 0. The van der Waals surface area contributed by atoms with Gasteiger partial charge in [-0.15, -0.1) is 0 Å². The largest absolute Gasteiger partial charge is 0.349 e. The summed E-state index contributed by atoms with van der Waals surface area (Å²) in [5.74, 6) is 0. The van der Waals surface area contributed by atoms with Crippen molar-refractivity contribution < 1.29 is 13.2 Å². The average molecular weight is 97.0 g/mol. The molecule has 0 amide bonds. The monoisotopic (exact) mass is 97.0 g/mol. The molecule has 1 aliphatic heterocycles. The molecule has 1 heterocycles. The van der Waals surface area contributed by atoms with Crippen LogP contribution in [-0.2, 0) is 0 Å². The summed E-state index contributed by atoms with van der Waals surface area (Å²) in [6.45, 7) is 0. The summed E-state index contributed by atoms with van der Waals surface area (Å²) < 4.78 is 33.1. The number of hydrogen-bond acceptors (Lipinski definition) is 1. The van der Waals surface area contributed by atoms with E-state index in [1.54, 1.807) is 0 Å². The van der Waals surface area contributed by atoms with E-state index in [-0.39, 0.29) is 0 Å². The van der Waals surface area contributed by atoms with Gasteiger partial charge in [0.05, 0.1) is 0 Å². The fraction of sp³-hybridized carbons (Fsp3) is 1.00. The van der Waals surface area contributed by atoms with Crippen molar-refractivity contribution in [1.82, 2.24) is 5.32 Å². The van der Waals surface area contributed by atoms with Crippen LogP contribution in [0.25, 0.3) is 0 Å². The molecule has 0 aromatic heterocycles. The molecule has 1 saturated heterocycles. The zero-order chi connectivity index (χ0) is 4.78. The van der Waals surface area contributed by atoms with Crippen LogP contribution in [0.1, 0.15) is 0 Å². The van der Waals surface area contributed by atoms with Gasteiger partial charge in [-0.05, 0) is 0 Å². The SMILES string of the molecule is FC1NC1(F)F. The minimum absolute atomic E-state index is 1.27. The summed E-state index contributed by atoms with van der Waals surface area (Å²) in [5.41, 5.74) is 0. The summed E-state index contributed by atoms with van der Waals surface area (Å²) in [4.78, 5) is 0. The van der Waals surface area contributed by atoms with E-state index >= 15 is 0 Å². The molecule has 0 aromatic rings. The second-order valence-electron chi connectivity index (χ2n) is 1.13. The first-order valence-electron chi connectivity index (χ1n) is 1.42. The standard InChI is InChI=1S/C2H2F3N/c3-1-2(4,5)6-1/h1,6H. The van der Waals surface area contributed by atoms with E-state index in [2.05, 4.69) is 0 Å².